The second-order valence-electron chi connectivity index (χ2n) is 4.21. The van der Waals surface area contributed by atoms with Crippen molar-refractivity contribution in [3.63, 3.8) is 0 Å². The highest BCUT2D eigenvalue weighted by molar-refractivity contribution is 9.10. The Bertz CT molecular complexity index is 311. The first-order valence-corrected chi connectivity index (χ1v) is 5.97. The molecule has 0 saturated carbocycles. The van der Waals surface area contributed by atoms with E-state index in [0.717, 1.165) is 5.92 Å². The average Bonchev–Trinajstić information content (AvgIpc) is 2.56. The van der Waals surface area contributed by atoms with Crippen LogP contribution in [-0.2, 0) is 6.42 Å². The first kappa shape index (κ1) is 10.2. The normalized spacial score (nSPS) is 22.9. The van der Waals surface area contributed by atoms with E-state index < -0.39 is 0 Å². The van der Waals surface area contributed by atoms with Gasteiger partial charge in [0, 0.05) is 11.0 Å². The van der Waals surface area contributed by atoms with Crippen LogP contribution in [0.5, 0.6) is 0 Å². The van der Waals surface area contributed by atoms with Crippen LogP contribution >= 0.6 is 15.9 Å². The maximum Gasteiger partial charge on any atom is 0.0207 e. The van der Waals surface area contributed by atoms with Crippen LogP contribution in [0.4, 0.5) is 0 Å². The lowest BCUT2D eigenvalue weighted by atomic mass is 9.99. The fraction of sp³-hybridized carbons (Fsp3) is 0.500. The van der Waals surface area contributed by atoms with Crippen LogP contribution in [0, 0.1) is 5.92 Å². The second-order valence-corrected chi connectivity index (χ2v) is 5.07. The summed E-state index contributed by atoms with van der Waals surface area (Å²) in [5.41, 5.74) is 1.45. The molecular formula is C12H16BrN. The van der Waals surface area contributed by atoms with Gasteiger partial charge >= 0.3 is 0 Å². The van der Waals surface area contributed by atoms with Gasteiger partial charge < -0.3 is 4.90 Å². The lowest BCUT2D eigenvalue weighted by molar-refractivity contribution is 0.394. The van der Waals surface area contributed by atoms with Crippen LogP contribution in [0.15, 0.2) is 28.7 Å². The summed E-state index contributed by atoms with van der Waals surface area (Å²) in [7, 11) is 2.21. The minimum absolute atomic E-state index is 0.846. The maximum atomic E-state index is 3.61. The summed E-state index contributed by atoms with van der Waals surface area (Å²) >= 11 is 3.61. The molecule has 1 aromatic rings. The average molecular weight is 254 g/mol. The highest BCUT2D eigenvalue weighted by Crippen LogP contribution is 2.24. The molecule has 1 saturated heterocycles. The summed E-state index contributed by atoms with van der Waals surface area (Å²) < 4.78 is 1.26. The third-order valence-corrected chi connectivity index (χ3v) is 3.73. The van der Waals surface area contributed by atoms with Crippen molar-refractivity contribution in [2.24, 2.45) is 5.92 Å². The lowest BCUT2D eigenvalue weighted by Gasteiger charge is -2.11. The van der Waals surface area contributed by atoms with Gasteiger partial charge in [0.1, 0.15) is 0 Å². The summed E-state index contributed by atoms with van der Waals surface area (Å²) in [6.07, 6.45) is 2.56. The molecule has 1 nitrogen and oxygen atoms in total. The van der Waals surface area contributed by atoms with Crippen LogP contribution in [0.1, 0.15) is 12.0 Å². The van der Waals surface area contributed by atoms with Gasteiger partial charge in [-0.05, 0) is 44.0 Å². The van der Waals surface area contributed by atoms with Gasteiger partial charge in [-0.25, -0.2) is 0 Å². The molecule has 2 rings (SSSR count). The molecule has 1 heterocycles. The Balaban J connectivity index is 2.01. The summed E-state index contributed by atoms with van der Waals surface area (Å²) in [5, 5.41) is 0. The first-order valence-electron chi connectivity index (χ1n) is 5.17. The van der Waals surface area contributed by atoms with Crippen molar-refractivity contribution >= 4 is 15.9 Å². The zero-order chi connectivity index (χ0) is 9.97. The zero-order valence-corrected chi connectivity index (χ0v) is 10.1. The molecule has 1 fully saturated rings. The van der Waals surface area contributed by atoms with E-state index >= 15 is 0 Å². The molecule has 1 atom stereocenters. The number of nitrogens with zero attached hydrogens (tertiary/aromatic N) is 1. The summed E-state index contributed by atoms with van der Waals surface area (Å²) in [5.74, 6) is 0.846. The molecule has 0 N–H and O–H groups in total. The van der Waals surface area contributed by atoms with E-state index in [1.54, 1.807) is 0 Å². The van der Waals surface area contributed by atoms with E-state index in [1.807, 2.05) is 0 Å². The number of benzene rings is 1. The van der Waals surface area contributed by atoms with Gasteiger partial charge in [0.05, 0.1) is 0 Å². The van der Waals surface area contributed by atoms with Gasteiger partial charge in [-0.2, -0.15) is 0 Å². The van der Waals surface area contributed by atoms with Gasteiger partial charge in [0.25, 0.3) is 0 Å². The molecule has 1 aliphatic rings. The molecule has 1 unspecified atom stereocenters. The topological polar surface area (TPSA) is 3.24 Å². The third kappa shape index (κ3) is 2.37. The van der Waals surface area contributed by atoms with Crippen molar-refractivity contribution in [1.82, 2.24) is 4.90 Å². The molecule has 2 heteroatoms. The smallest absolute Gasteiger partial charge is 0.0207 e. The Morgan fingerprint density at radius 1 is 1.43 bits per heavy atom. The van der Waals surface area contributed by atoms with Gasteiger partial charge in [0.15, 0.2) is 0 Å². The molecule has 0 radical (unpaired) electrons. The highest BCUT2D eigenvalue weighted by Gasteiger charge is 2.19. The standard InChI is InChI=1S/C12H16BrN/c1-14-7-6-10(9-14)8-11-4-2-3-5-12(11)13/h2-5,10H,6-9H2,1H3. The Morgan fingerprint density at radius 3 is 2.86 bits per heavy atom. The van der Waals surface area contributed by atoms with Gasteiger partial charge in [0.2, 0.25) is 0 Å². The van der Waals surface area contributed by atoms with Crippen molar-refractivity contribution in [3.8, 4) is 0 Å². The number of rotatable bonds is 2. The molecule has 0 aliphatic carbocycles. The molecule has 76 valence electrons. The Labute approximate surface area is 94.2 Å². The van der Waals surface area contributed by atoms with Gasteiger partial charge in [-0.3, -0.25) is 0 Å². The molecule has 14 heavy (non-hydrogen) atoms. The van der Waals surface area contributed by atoms with E-state index in [9.17, 15) is 0 Å². The first-order chi connectivity index (χ1) is 6.75. The molecule has 0 aromatic heterocycles. The number of halogens is 1. The minimum Gasteiger partial charge on any atom is -0.306 e. The van der Waals surface area contributed by atoms with E-state index in [0.29, 0.717) is 0 Å². The fourth-order valence-corrected chi connectivity index (χ4v) is 2.61. The third-order valence-electron chi connectivity index (χ3n) is 2.96. The highest BCUT2D eigenvalue weighted by atomic mass is 79.9. The monoisotopic (exact) mass is 253 g/mol. The van der Waals surface area contributed by atoms with Crippen LogP contribution in [0.3, 0.4) is 0 Å². The van der Waals surface area contributed by atoms with Crippen molar-refractivity contribution < 1.29 is 0 Å². The predicted molar refractivity (Wildman–Crippen MR) is 63.5 cm³/mol. The van der Waals surface area contributed by atoms with Crippen molar-refractivity contribution in [1.29, 1.82) is 0 Å². The van der Waals surface area contributed by atoms with Gasteiger partial charge in [-0.1, -0.05) is 34.1 Å². The minimum atomic E-state index is 0.846. The predicted octanol–water partition coefficient (Wildman–Crippen LogP) is 2.94. The van der Waals surface area contributed by atoms with Gasteiger partial charge in [-0.15, -0.1) is 0 Å². The number of hydrogen-bond donors (Lipinski definition) is 0. The van der Waals surface area contributed by atoms with Crippen molar-refractivity contribution in [2.45, 2.75) is 12.8 Å². The van der Waals surface area contributed by atoms with Crippen molar-refractivity contribution in [3.05, 3.63) is 34.3 Å². The zero-order valence-electron chi connectivity index (χ0n) is 8.54. The molecule has 1 aliphatic heterocycles. The van der Waals surface area contributed by atoms with Crippen LogP contribution in [0.2, 0.25) is 0 Å². The van der Waals surface area contributed by atoms with Crippen LogP contribution in [0.25, 0.3) is 0 Å². The Hall–Kier alpha value is -0.340. The Kier molecular flexibility index (Phi) is 3.24. The molecule has 0 spiro atoms. The molecule has 0 bridgehead atoms. The maximum absolute atomic E-state index is 3.61. The quantitative estimate of drug-likeness (QED) is 0.784. The largest absolute Gasteiger partial charge is 0.306 e. The molecule has 0 amide bonds. The summed E-state index contributed by atoms with van der Waals surface area (Å²) in [6, 6.07) is 8.56. The van der Waals surface area contributed by atoms with E-state index in [2.05, 4.69) is 52.1 Å². The molecule has 1 aromatic carbocycles. The second kappa shape index (κ2) is 4.45. The Morgan fingerprint density at radius 2 is 2.21 bits per heavy atom. The number of hydrogen-bond acceptors (Lipinski definition) is 1. The SMILES string of the molecule is CN1CCC(Cc2ccccc2Br)C1. The van der Waals surface area contributed by atoms with Crippen molar-refractivity contribution in [2.75, 3.05) is 20.1 Å². The summed E-state index contributed by atoms with van der Waals surface area (Å²) in [4.78, 5) is 2.42. The van der Waals surface area contributed by atoms with E-state index in [-0.39, 0.29) is 0 Å². The molecular weight excluding hydrogens is 238 g/mol. The lowest BCUT2D eigenvalue weighted by Crippen LogP contribution is -2.15. The number of likely N-dealkylation sites (tertiary alicyclic amines) is 1. The summed E-state index contributed by atoms with van der Waals surface area (Å²) in [6.45, 7) is 2.51. The van der Waals surface area contributed by atoms with E-state index in [1.165, 1.54) is 36.0 Å². The van der Waals surface area contributed by atoms with Crippen LogP contribution in [-0.4, -0.2) is 25.0 Å². The fourth-order valence-electron chi connectivity index (χ4n) is 2.17. The van der Waals surface area contributed by atoms with E-state index in [4.69, 9.17) is 0 Å². The van der Waals surface area contributed by atoms with Crippen LogP contribution < -0.4 is 0 Å².